The molecule has 0 saturated heterocycles. The van der Waals surface area contributed by atoms with Crippen molar-refractivity contribution in [3.63, 3.8) is 0 Å². The van der Waals surface area contributed by atoms with Crippen LogP contribution in [0.1, 0.15) is 32.5 Å². The van der Waals surface area contributed by atoms with Crippen LogP contribution in [0.2, 0.25) is 0 Å². The van der Waals surface area contributed by atoms with E-state index in [4.69, 9.17) is 0 Å². The predicted molar refractivity (Wildman–Crippen MR) is 65.5 cm³/mol. The van der Waals surface area contributed by atoms with Crippen LogP contribution < -0.4 is 5.32 Å². The van der Waals surface area contributed by atoms with Crippen LogP contribution in [0.4, 0.5) is 5.13 Å². The second-order valence-corrected chi connectivity index (χ2v) is 5.57. The molecule has 0 aliphatic heterocycles. The molecule has 80 valence electrons. The van der Waals surface area contributed by atoms with Gasteiger partial charge in [-0.3, -0.25) is 0 Å². The molecule has 0 aliphatic carbocycles. The summed E-state index contributed by atoms with van der Waals surface area (Å²) < 4.78 is 4.28. The van der Waals surface area contributed by atoms with E-state index in [9.17, 15) is 0 Å². The summed E-state index contributed by atoms with van der Waals surface area (Å²) in [6.07, 6.45) is 2.12. The molecule has 1 atom stereocenters. The molecule has 1 heterocycles. The zero-order valence-electron chi connectivity index (χ0n) is 9.07. The zero-order chi connectivity index (χ0) is 10.6. The SMILES string of the molecule is CSC(C)CNc1nc(C(C)C)ns1. The predicted octanol–water partition coefficient (Wildman–Crippen LogP) is 2.82. The highest BCUT2D eigenvalue weighted by Gasteiger charge is 2.07. The fourth-order valence-corrected chi connectivity index (χ4v) is 1.82. The maximum atomic E-state index is 4.40. The minimum absolute atomic E-state index is 0.416. The van der Waals surface area contributed by atoms with E-state index in [2.05, 4.69) is 41.7 Å². The molecule has 1 aromatic rings. The van der Waals surface area contributed by atoms with Gasteiger partial charge in [-0.15, -0.1) is 0 Å². The lowest BCUT2D eigenvalue weighted by molar-refractivity contribution is 0.799. The Labute approximate surface area is 93.9 Å². The standard InChI is InChI=1S/C9H17N3S2/c1-6(2)8-11-9(14-12-8)10-5-7(3)13-4/h6-7H,5H2,1-4H3,(H,10,11,12). The molecule has 0 saturated carbocycles. The third-order valence-electron chi connectivity index (χ3n) is 1.90. The normalized spacial score (nSPS) is 13.2. The quantitative estimate of drug-likeness (QED) is 0.845. The van der Waals surface area contributed by atoms with E-state index in [1.807, 2.05) is 11.8 Å². The Morgan fingerprint density at radius 1 is 1.43 bits per heavy atom. The van der Waals surface area contributed by atoms with E-state index in [1.165, 1.54) is 11.5 Å². The van der Waals surface area contributed by atoms with E-state index in [0.29, 0.717) is 11.2 Å². The number of aromatic nitrogens is 2. The first-order chi connectivity index (χ1) is 6.63. The van der Waals surface area contributed by atoms with Crippen molar-refractivity contribution in [2.45, 2.75) is 31.9 Å². The van der Waals surface area contributed by atoms with Crippen LogP contribution in [-0.2, 0) is 0 Å². The Kier molecular flexibility index (Phi) is 4.68. The molecule has 1 unspecified atom stereocenters. The van der Waals surface area contributed by atoms with E-state index in [-0.39, 0.29) is 0 Å². The second kappa shape index (κ2) is 5.56. The second-order valence-electron chi connectivity index (χ2n) is 3.54. The van der Waals surface area contributed by atoms with Gasteiger partial charge < -0.3 is 5.32 Å². The van der Waals surface area contributed by atoms with E-state index >= 15 is 0 Å². The van der Waals surface area contributed by atoms with Crippen LogP contribution in [-0.4, -0.2) is 27.4 Å². The summed E-state index contributed by atoms with van der Waals surface area (Å²) in [5, 5.41) is 4.85. The molecular weight excluding hydrogens is 214 g/mol. The summed E-state index contributed by atoms with van der Waals surface area (Å²) in [6.45, 7) is 7.36. The lowest BCUT2D eigenvalue weighted by Gasteiger charge is -2.07. The summed E-state index contributed by atoms with van der Waals surface area (Å²) in [7, 11) is 0. The van der Waals surface area contributed by atoms with Crippen molar-refractivity contribution in [3.05, 3.63) is 5.82 Å². The molecule has 1 rings (SSSR count). The van der Waals surface area contributed by atoms with Gasteiger partial charge in [0.2, 0.25) is 5.13 Å². The van der Waals surface area contributed by atoms with Crippen molar-refractivity contribution in [3.8, 4) is 0 Å². The van der Waals surface area contributed by atoms with Crippen molar-refractivity contribution in [1.82, 2.24) is 9.36 Å². The van der Waals surface area contributed by atoms with Gasteiger partial charge in [0, 0.05) is 29.2 Å². The summed E-state index contributed by atoms with van der Waals surface area (Å²) in [6, 6.07) is 0. The Bertz CT molecular complexity index is 273. The molecule has 0 aromatic carbocycles. The highest BCUT2D eigenvalue weighted by molar-refractivity contribution is 7.99. The first-order valence-electron chi connectivity index (χ1n) is 4.73. The molecule has 0 bridgehead atoms. The Morgan fingerprint density at radius 2 is 2.14 bits per heavy atom. The fraction of sp³-hybridized carbons (Fsp3) is 0.778. The van der Waals surface area contributed by atoms with Crippen LogP contribution in [0, 0.1) is 0 Å². The molecule has 1 N–H and O–H groups in total. The van der Waals surface area contributed by atoms with Crippen LogP contribution in [0.25, 0.3) is 0 Å². The van der Waals surface area contributed by atoms with Crippen molar-refractivity contribution in [2.24, 2.45) is 0 Å². The molecular formula is C9H17N3S2. The number of anilines is 1. The van der Waals surface area contributed by atoms with Gasteiger partial charge >= 0.3 is 0 Å². The monoisotopic (exact) mass is 231 g/mol. The van der Waals surface area contributed by atoms with Gasteiger partial charge in [-0.05, 0) is 6.26 Å². The minimum atomic E-state index is 0.416. The van der Waals surface area contributed by atoms with Crippen molar-refractivity contribution < 1.29 is 0 Å². The zero-order valence-corrected chi connectivity index (χ0v) is 10.7. The molecule has 0 aliphatic rings. The van der Waals surface area contributed by atoms with Gasteiger partial charge in [-0.2, -0.15) is 16.1 Å². The van der Waals surface area contributed by atoms with Gasteiger partial charge in [0.1, 0.15) is 5.82 Å². The molecule has 5 heteroatoms. The lowest BCUT2D eigenvalue weighted by atomic mass is 10.2. The number of nitrogens with one attached hydrogen (secondary N) is 1. The topological polar surface area (TPSA) is 37.8 Å². The molecule has 1 aromatic heterocycles. The maximum absolute atomic E-state index is 4.40. The average Bonchev–Trinajstić information content (AvgIpc) is 2.62. The molecule has 0 spiro atoms. The van der Waals surface area contributed by atoms with Gasteiger partial charge in [0.15, 0.2) is 0 Å². The number of nitrogens with zero attached hydrogens (tertiary/aromatic N) is 2. The van der Waals surface area contributed by atoms with Gasteiger partial charge in [0.05, 0.1) is 0 Å². The van der Waals surface area contributed by atoms with E-state index < -0.39 is 0 Å². The summed E-state index contributed by atoms with van der Waals surface area (Å²) >= 11 is 3.30. The van der Waals surface area contributed by atoms with E-state index in [1.54, 1.807) is 0 Å². The maximum Gasteiger partial charge on any atom is 0.202 e. The van der Waals surface area contributed by atoms with Crippen LogP contribution in [0.3, 0.4) is 0 Å². The number of hydrogen-bond acceptors (Lipinski definition) is 5. The van der Waals surface area contributed by atoms with Crippen LogP contribution in [0.15, 0.2) is 0 Å². The van der Waals surface area contributed by atoms with Crippen molar-refractivity contribution in [1.29, 1.82) is 0 Å². The fourth-order valence-electron chi connectivity index (χ4n) is 0.856. The molecule has 0 fully saturated rings. The average molecular weight is 231 g/mol. The van der Waals surface area contributed by atoms with Gasteiger partial charge in [-0.1, -0.05) is 20.8 Å². The smallest absolute Gasteiger partial charge is 0.202 e. The largest absolute Gasteiger partial charge is 0.359 e. The third kappa shape index (κ3) is 3.46. The molecule has 14 heavy (non-hydrogen) atoms. The Hall–Kier alpha value is -0.290. The minimum Gasteiger partial charge on any atom is -0.359 e. The highest BCUT2D eigenvalue weighted by atomic mass is 32.2. The number of thioether (sulfide) groups is 1. The van der Waals surface area contributed by atoms with Gasteiger partial charge in [-0.25, -0.2) is 4.98 Å². The Balaban J connectivity index is 2.44. The first kappa shape index (κ1) is 11.8. The summed E-state index contributed by atoms with van der Waals surface area (Å²) in [5.41, 5.74) is 0. The summed E-state index contributed by atoms with van der Waals surface area (Å²) in [4.78, 5) is 4.40. The van der Waals surface area contributed by atoms with Crippen molar-refractivity contribution >= 4 is 28.4 Å². The third-order valence-corrected chi connectivity index (χ3v) is 3.56. The number of rotatable bonds is 5. The Morgan fingerprint density at radius 3 is 2.64 bits per heavy atom. The first-order valence-corrected chi connectivity index (χ1v) is 6.80. The molecule has 0 radical (unpaired) electrons. The molecule has 0 amide bonds. The van der Waals surface area contributed by atoms with E-state index in [0.717, 1.165) is 17.5 Å². The van der Waals surface area contributed by atoms with Crippen LogP contribution >= 0.6 is 23.3 Å². The lowest BCUT2D eigenvalue weighted by Crippen LogP contribution is -2.12. The van der Waals surface area contributed by atoms with Crippen LogP contribution in [0.5, 0.6) is 0 Å². The summed E-state index contributed by atoms with van der Waals surface area (Å²) in [5.74, 6) is 1.36. The molecule has 3 nitrogen and oxygen atoms in total. The highest BCUT2D eigenvalue weighted by Crippen LogP contribution is 2.17. The number of hydrogen-bond donors (Lipinski definition) is 1. The van der Waals surface area contributed by atoms with Gasteiger partial charge in [0.25, 0.3) is 0 Å². The van der Waals surface area contributed by atoms with Crippen molar-refractivity contribution in [2.75, 3.05) is 18.1 Å².